The first-order valence-electron chi connectivity index (χ1n) is 6.15. The Labute approximate surface area is 117 Å². The van der Waals surface area contributed by atoms with Crippen LogP contribution in [0.25, 0.3) is 6.08 Å². The van der Waals surface area contributed by atoms with Crippen molar-refractivity contribution < 1.29 is 18.7 Å². The molecule has 20 heavy (non-hydrogen) atoms. The number of carbonyl (C=O) groups excluding carboxylic acids is 1. The Morgan fingerprint density at radius 1 is 1.15 bits per heavy atom. The van der Waals surface area contributed by atoms with Crippen molar-refractivity contribution in [2.24, 2.45) is 0 Å². The van der Waals surface area contributed by atoms with Gasteiger partial charge in [-0.1, -0.05) is 0 Å². The van der Waals surface area contributed by atoms with Crippen LogP contribution >= 0.6 is 0 Å². The van der Waals surface area contributed by atoms with E-state index in [9.17, 15) is 4.79 Å². The zero-order valence-electron chi connectivity index (χ0n) is 11.7. The second-order valence-corrected chi connectivity index (χ2v) is 4.22. The second kappa shape index (κ2) is 6.10. The van der Waals surface area contributed by atoms with E-state index in [4.69, 9.17) is 13.9 Å². The highest BCUT2D eigenvalue weighted by Gasteiger charge is 2.07. The van der Waals surface area contributed by atoms with E-state index < -0.39 is 0 Å². The number of furan rings is 1. The fourth-order valence-corrected chi connectivity index (χ4v) is 1.78. The Hall–Kier alpha value is -2.49. The summed E-state index contributed by atoms with van der Waals surface area (Å²) in [5.41, 5.74) is 0.767. The van der Waals surface area contributed by atoms with Crippen LogP contribution in [0, 0.1) is 6.92 Å². The molecule has 0 unspecified atom stereocenters. The average molecular weight is 272 g/mol. The first-order valence-corrected chi connectivity index (χ1v) is 6.15. The molecule has 0 aliphatic carbocycles. The molecule has 0 amide bonds. The van der Waals surface area contributed by atoms with E-state index >= 15 is 0 Å². The molecule has 0 atom stereocenters. The van der Waals surface area contributed by atoms with Crippen LogP contribution in [-0.2, 0) is 0 Å². The minimum atomic E-state index is -0.192. The lowest BCUT2D eigenvalue weighted by Gasteiger charge is -2.06. The summed E-state index contributed by atoms with van der Waals surface area (Å²) < 4.78 is 15.7. The Morgan fingerprint density at radius 3 is 2.55 bits per heavy atom. The van der Waals surface area contributed by atoms with Crippen molar-refractivity contribution in [1.29, 1.82) is 0 Å². The smallest absolute Gasteiger partial charge is 0.221 e. The molecule has 0 bridgehead atoms. The van der Waals surface area contributed by atoms with Crippen LogP contribution in [0.4, 0.5) is 0 Å². The minimum Gasteiger partial charge on any atom is -0.497 e. The number of aryl methyl sites for hydroxylation is 1. The minimum absolute atomic E-state index is 0.192. The molecule has 0 N–H and O–H groups in total. The fourth-order valence-electron chi connectivity index (χ4n) is 1.78. The summed E-state index contributed by atoms with van der Waals surface area (Å²) in [6.07, 6.45) is 3.14. The van der Waals surface area contributed by atoms with Crippen molar-refractivity contribution in [1.82, 2.24) is 0 Å². The largest absolute Gasteiger partial charge is 0.497 e. The SMILES string of the molecule is COc1ccc(OC)c(/C=C/C(=O)c2ccc(C)o2)c1. The summed E-state index contributed by atoms with van der Waals surface area (Å²) in [5.74, 6) is 2.21. The van der Waals surface area contributed by atoms with Crippen LogP contribution in [-0.4, -0.2) is 20.0 Å². The van der Waals surface area contributed by atoms with Gasteiger partial charge in [0.25, 0.3) is 0 Å². The van der Waals surface area contributed by atoms with Gasteiger partial charge >= 0.3 is 0 Å². The molecule has 4 nitrogen and oxygen atoms in total. The van der Waals surface area contributed by atoms with E-state index in [-0.39, 0.29) is 5.78 Å². The van der Waals surface area contributed by atoms with Gasteiger partial charge in [0.1, 0.15) is 17.3 Å². The third-order valence-electron chi connectivity index (χ3n) is 2.83. The van der Waals surface area contributed by atoms with Gasteiger partial charge in [-0.15, -0.1) is 0 Å². The number of methoxy groups -OCH3 is 2. The van der Waals surface area contributed by atoms with E-state index in [1.54, 1.807) is 57.6 Å². The molecule has 1 heterocycles. The van der Waals surface area contributed by atoms with E-state index in [1.165, 1.54) is 6.08 Å². The van der Waals surface area contributed by atoms with Crippen LogP contribution in [0.1, 0.15) is 21.9 Å². The lowest BCUT2D eigenvalue weighted by atomic mass is 10.1. The molecule has 0 saturated heterocycles. The summed E-state index contributed by atoms with van der Waals surface area (Å²) in [5, 5.41) is 0. The van der Waals surface area contributed by atoms with Gasteiger partial charge in [-0.05, 0) is 49.4 Å². The lowest BCUT2D eigenvalue weighted by Crippen LogP contribution is -1.92. The maximum absolute atomic E-state index is 11.9. The second-order valence-electron chi connectivity index (χ2n) is 4.22. The molecule has 0 fully saturated rings. The molecule has 0 saturated carbocycles. The highest BCUT2D eigenvalue weighted by atomic mass is 16.5. The summed E-state index contributed by atoms with van der Waals surface area (Å²) in [6, 6.07) is 8.81. The molecule has 2 aromatic rings. The molecule has 1 aromatic heterocycles. The summed E-state index contributed by atoms with van der Waals surface area (Å²) in [7, 11) is 3.17. The Kier molecular flexibility index (Phi) is 4.25. The average Bonchev–Trinajstić information content (AvgIpc) is 2.91. The summed E-state index contributed by atoms with van der Waals surface area (Å²) >= 11 is 0. The molecule has 0 aliphatic heterocycles. The number of hydrogen-bond acceptors (Lipinski definition) is 4. The van der Waals surface area contributed by atoms with Crippen molar-refractivity contribution in [3.63, 3.8) is 0 Å². The highest BCUT2D eigenvalue weighted by Crippen LogP contribution is 2.25. The first-order chi connectivity index (χ1) is 9.63. The van der Waals surface area contributed by atoms with Crippen LogP contribution in [0.2, 0.25) is 0 Å². The third-order valence-corrected chi connectivity index (χ3v) is 2.83. The van der Waals surface area contributed by atoms with E-state index in [0.29, 0.717) is 23.0 Å². The molecular weight excluding hydrogens is 256 g/mol. The van der Waals surface area contributed by atoms with Crippen LogP contribution in [0.5, 0.6) is 11.5 Å². The normalized spacial score (nSPS) is 10.8. The fraction of sp³-hybridized carbons (Fsp3) is 0.188. The van der Waals surface area contributed by atoms with Crippen molar-refractivity contribution in [2.75, 3.05) is 14.2 Å². The number of ether oxygens (including phenoxy) is 2. The predicted molar refractivity (Wildman–Crippen MR) is 76.4 cm³/mol. The van der Waals surface area contributed by atoms with Crippen molar-refractivity contribution in [3.05, 3.63) is 53.5 Å². The van der Waals surface area contributed by atoms with Gasteiger partial charge in [-0.25, -0.2) is 0 Å². The number of allylic oxidation sites excluding steroid dienone is 1. The Bertz CT molecular complexity index is 638. The standard InChI is InChI=1S/C16H16O4/c1-11-4-8-16(20-11)14(17)7-5-12-10-13(18-2)6-9-15(12)19-3/h4-10H,1-3H3/b7-5+. The quantitative estimate of drug-likeness (QED) is 0.617. The van der Waals surface area contributed by atoms with Crippen molar-refractivity contribution in [3.8, 4) is 11.5 Å². The molecule has 2 rings (SSSR count). The number of ketones is 1. The monoisotopic (exact) mass is 272 g/mol. The predicted octanol–water partition coefficient (Wildman–Crippen LogP) is 3.50. The van der Waals surface area contributed by atoms with Crippen LogP contribution in [0.3, 0.4) is 0 Å². The van der Waals surface area contributed by atoms with Gasteiger partial charge in [-0.2, -0.15) is 0 Å². The molecule has 1 aromatic carbocycles. The summed E-state index contributed by atoms with van der Waals surface area (Å²) in [4.78, 5) is 11.9. The molecule has 0 aliphatic rings. The topological polar surface area (TPSA) is 48.7 Å². The number of carbonyl (C=O) groups is 1. The summed E-state index contributed by atoms with van der Waals surface area (Å²) in [6.45, 7) is 1.80. The van der Waals surface area contributed by atoms with Gasteiger partial charge < -0.3 is 13.9 Å². The molecule has 0 radical (unpaired) electrons. The molecule has 0 spiro atoms. The van der Waals surface area contributed by atoms with Gasteiger partial charge in [0.05, 0.1) is 14.2 Å². The molecule has 4 heteroatoms. The highest BCUT2D eigenvalue weighted by molar-refractivity contribution is 6.05. The molecule has 104 valence electrons. The van der Waals surface area contributed by atoms with E-state index in [2.05, 4.69) is 0 Å². The van der Waals surface area contributed by atoms with E-state index in [1.807, 2.05) is 0 Å². The Morgan fingerprint density at radius 2 is 1.95 bits per heavy atom. The zero-order chi connectivity index (χ0) is 14.5. The van der Waals surface area contributed by atoms with Crippen LogP contribution in [0.15, 0.2) is 40.8 Å². The maximum atomic E-state index is 11.9. The number of benzene rings is 1. The first kappa shape index (κ1) is 13.9. The Balaban J connectivity index is 2.24. The number of rotatable bonds is 5. The van der Waals surface area contributed by atoms with Gasteiger partial charge in [0.15, 0.2) is 5.76 Å². The zero-order valence-corrected chi connectivity index (χ0v) is 11.7. The van der Waals surface area contributed by atoms with Gasteiger partial charge in [0.2, 0.25) is 5.78 Å². The third kappa shape index (κ3) is 3.09. The van der Waals surface area contributed by atoms with Crippen molar-refractivity contribution in [2.45, 2.75) is 6.92 Å². The van der Waals surface area contributed by atoms with Crippen molar-refractivity contribution >= 4 is 11.9 Å². The van der Waals surface area contributed by atoms with Crippen LogP contribution < -0.4 is 9.47 Å². The van der Waals surface area contributed by atoms with Gasteiger partial charge in [-0.3, -0.25) is 4.79 Å². The van der Waals surface area contributed by atoms with E-state index in [0.717, 1.165) is 5.56 Å². The van der Waals surface area contributed by atoms with Gasteiger partial charge in [0, 0.05) is 5.56 Å². The number of hydrogen-bond donors (Lipinski definition) is 0. The molecular formula is C16H16O4. The maximum Gasteiger partial charge on any atom is 0.221 e. The lowest BCUT2D eigenvalue weighted by molar-refractivity contribution is 0.102.